The third-order valence-corrected chi connectivity index (χ3v) is 3.14. The monoisotopic (exact) mass is 256 g/mol. The van der Waals surface area contributed by atoms with Gasteiger partial charge in [-0.15, -0.1) is 0 Å². The zero-order valence-electron chi connectivity index (χ0n) is 12.7. The van der Waals surface area contributed by atoms with E-state index < -0.39 is 0 Å². The first-order valence-electron chi connectivity index (χ1n) is 7.42. The first kappa shape index (κ1) is 17.4. The SMILES string of the molecule is CC(C)CCCCNC(=O)C[C@@H](CN)CC(C)C. The Labute approximate surface area is 113 Å². The van der Waals surface area contributed by atoms with E-state index in [2.05, 4.69) is 33.0 Å². The minimum absolute atomic E-state index is 0.163. The summed E-state index contributed by atoms with van der Waals surface area (Å²) in [5.41, 5.74) is 5.70. The van der Waals surface area contributed by atoms with Crippen LogP contribution in [0.15, 0.2) is 0 Å². The van der Waals surface area contributed by atoms with Crippen LogP contribution in [0.5, 0.6) is 0 Å². The first-order chi connectivity index (χ1) is 8.45. The molecular weight excluding hydrogens is 224 g/mol. The maximum absolute atomic E-state index is 11.7. The van der Waals surface area contributed by atoms with Crippen LogP contribution in [0.4, 0.5) is 0 Å². The number of hydrogen-bond acceptors (Lipinski definition) is 2. The molecule has 0 heterocycles. The van der Waals surface area contributed by atoms with E-state index in [0.29, 0.717) is 24.8 Å². The Morgan fingerprint density at radius 1 is 1.11 bits per heavy atom. The van der Waals surface area contributed by atoms with Crippen molar-refractivity contribution >= 4 is 5.91 Å². The Kier molecular flexibility index (Phi) is 10.0. The quantitative estimate of drug-likeness (QED) is 0.590. The molecule has 0 aromatic carbocycles. The second-order valence-electron chi connectivity index (χ2n) is 6.17. The molecular formula is C15H32N2O. The van der Waals surface area contributed by atoms with Gasteiger partial charge in [-0.25, -0.2) is 0 Å². The zero-order chi connectivity index (χ0) is 14.0. The average molecular weight is 256 g/mol. The molecule has 0 unspecified atom stereocenters. The summed E-state index contributed by atoms with van der Waals surface area (Å²) >= 11 is 0. The Morgan fingerprint density at radius 3 is 2.28 bits per heavy atom. The highest BCUT2D eigenvalue weighted by molar-refractivity contribution is 5.76. The molecule has 0 fully saturated rings. The van der Waals surface area contributed by atoms with Crippen LogP contribution in [-0.2, 0) is 4.79 Å². The van der Waals surface area contributed by atoms with E-state index in [4.69, 9.17) is 5.73 Å². The Morgan fingerprint density at radius 2 is 1.78 bits per heavy atom. The molecule has 1 atom stereocenters. The van der Waals surface area contributed by atoms with Crippen molar-refractivity contribution in [3.8, 4) is 0 Å². The van der Waals surface area contributed by atoms with Crippen molar-refractivity contribution in [2.45, 2.75) is 59.8 Å². The molecule has 0 rings (SSSR count). The minimum atomic E-state index is 0.163. The zero-order valence-corrected chi connectivity index (χ0v) is 12.7. The largest absolute Gasteiger partial charge is 0.356 e. The standard InChI is InChI=1S/C15H32N2O/c1-12(2)7-5-6-8-17-15(18)10-14(11-16)9-13(3)4/h12-14H,5-11,16H2,1-4H3,(H,17,18)/t14-/m0/s1. The summed E-state index contributed by atoms with van der Waals surface area (Å²) in [6.07, 6.45) is 5.15. The van der Waals surface area contributed by atoms with Crippen molar-refractivity contribution in [3.05, 3.63) is 0 Å². The van der Waals surface area contributed by atoms with Crippen LogP contribution in [0, 0.1) is 17.8 Å². The summed E-state index contributed by atoms with van der Waals surface area (Å²) < 4.78 is 0. The second kappa shape index (κ2) is 10.4. The summed E-state index contributed by atoms with van der Waals surface area (Å²) in [6.45, 7) is 10.2. The highest BCUT2D eigenvalue weighted by atomic mass is 16.1. The Balaban J connectivity index is 3.62. The lowest BCUT2D eigenvalue weighted by Crippen LogP contribution is -2.29. The molecule has 0 radical (unpaired) electrons. The first-order valence-corrected chi connectivity index (χ1v) is 7.42. The molecule has 0 aromatic rings. The van der Waals surface area contributed by atoms with Crippen LogP contribution < -0.4 is 11.1 Å². The van der Waals surface area contributed by atoms with Gasteiger partial charge in [-0.05, 0) is 37.1 Å². The van der Waals surface area contributed by atoms with Crippen molar-refractivity contribution in [1.82, 2.24) is 5.32 Å². The number of nitrogens with one attached hydrogen (secondary N) is 1. The predicted octanol–water partition coefficient (Wildman–Crippen LogP) is 2.94. The van der Waals surface area contributed by atoms with Crippen LogP contribution in [-0.4, -0.2) is 19.0 Å². The van der Waals surface area contributed by atoms with Gasteiger partial charge in [-0.3, -0.25) is 4.79 Å². The molecule has 0 aliphatic carbocycles. The topological polar surface area (TPSA) is 55.1 Å². The van der Waals surface area contributed by atoms with E-state index in [9.17, 15) is 4.79 Å². The van der Waals surface area contributed by atoms with Crippen LogP contribution in [0.25, 0.3) is 0 Å². The number of amides is 1. The number of unbranched alkanes of at least 4 members (excludes halogenated alkanes) is 1. The summed E-state index contributed by atoms with van der Waals surface area (Å²) in [5.74, 6) is 1.86. The van der Waals surface area contributed by atoms with Gasteiger partial charge in [0.1, 0.15) is 0 Å². The van der Waals surface area contributed by atoms with Gasteiger partial charge < -0.3 is 11.1 Å². The number of carbonyl (C=O) groups is 1. The summed E-state index contributed by atoms with van der Waals surface area (Å²) in [6, 6.07) is 0. The third-order valence-electron chi connectivity index (χ3n) is 3.14. The number of nitrogens with two attached hydrogens (primary N) is 1. The van der Waals surface area contributed by atoms with E-state index >= 15 is 0 Å². The van der Waals surface area contributed by atoms with E-state index in [0.717, 1.165) is 25.3 Å². The second-order valence-corrected chi connectivity index (χ2v) is 6.17. The van der Waals surface area contributed by atoms with Gasteiger partial charge in [-0.2, -0.15) is 0 Å². The van der Waals surface area contributed by atoms with Crippen molar-refractivity contribution < 1.29 is 4.79 Å². The fraction of sp³-hybridized carbons (Fsp3) is 0.933. The van der Waals surface area contributed by atoms with Crippen molar-refractivity contribution in [2.24, 2.45) is 23.5 Å². The maximum atomic E-state index is 11.7. The summed E-state index contributed by atoms with van der Waals surface area (Å²) in [7, 11) is 0. The lowest BCUT2D eigenvalue weighted by molar-refractivity contribution is -0.122. The molecule has 0 saturated heterocycles. The highest BCUT2D eigenvalue weighted by Crippen LogP contribution is 2.14. The van der Waals surface area contributed by atoms with Crippen LogP contribution in [0.2, 0.25) is 0 Å². The lowest BCUT2D eigenvalue weighted by atomic mass is 9.94. The molecule has 1 amide bonds. The molecule has 0 aliphatic heterocycles. The van der Waals surface area contributed by atoms with Gasteiger partial charge >= 0.3 is 0 Å². The third kappa shape index (κ3) is 10.6. The van der Waals surface area contributed by atoms with Gasteiger partial charge in [0.15, 0.2) is 0 Å². The lowest BCUT2D eigenvalue weighted by Gasteiger charge is -2.16. The molecule has 3 nitrogen and oxygen atoms in total. The molecule has 0 spiro atoms. The Hall–Kier alpha value is -0.570. The fourth-order valence-electron chi connectivity index (χ4n) is 2.17. The molecule has 0 bridgehead atoms. The normalized spacial score (nSPS) is 13.1. The van der Waals surface area contributed by atoms with Gasteiger partial charge in [0.05, 0.1) is 0 Å². The van der Waals surface area contributed by atoms with Gasteiger partial charge in [-0.1, -0.05) is 40.5 Å². The van der Waals surface area contributed by atoms with Crippen molar-refractivity contribution in [2.75, 3.05) is 13.1 Å². The summed E-state index contributed by atoms with van der Waals surface area (Å²) in [5, 5.41) is 3.00. The number of rotatable bonds is 10. The minimum Gasteiger partial charge on any atom is -0.356 e. The Bertz CT molecular complexity index is 215. The number of hydrogen-bond donors (Lipinski definition) is 2. The van der Waals surface area contributed by atoms with Crippen LogP contribution in [0.1, 0.15) is 59.8 Å². The van der Waals surface area contributed by atoms with Crippen LogP contribution in [0.3, 0.4) is 0 Å². The molecule has 18 heavy (non-hydrogen) atoms. The molecule has 108 valence electrons. The highest BCUT2D eigenvalue weighted by Gasteiger charge is 2.13. The molecule has 3 heteroatoms. The van der Waals surface area contributed by atoms with Gasteiger partial charge in [0.2, 0.25) is 5.91 Å². The van der Waals surface area contributed by atoms with Crippen LogP contribution >= 0.6 is 0 Å². The average Bonchev–Trinajstić information content (AvgIpc) is 2.26. The summed E-state index contributed by atoms with van der Waals surface area (Å²) in [4.78, 5) is 11.7. The molecule has 3 N–H and O–H groups in total. The number of carbonyl (C=O) groups excluding carboxylic acids is 1. The molecule has 0 aliphatic rings. The predicted molar refractivity (Wildman–Crippen MR) is 78.3 cm³/mol. The molecule has 0 aromatic heterocycles. The molecule has 0 saturated carbocycles. The van der Waals surface area contributed by atoms with Crippen molar-refractivity contribution in [3.63, 3.8) is 0 Å². The van der Waals surface area contributed by atoms with Crippen molar-refractivity contribution in [1.29, 1.82) is 0 Å². The van der Waals surface area contributed by atoms with E-state index in [1.165, 1.54) is 12.8 Å². The maximum Gasteiger partial charge on any atom is 0.220 e. The fourth-order valence-corrected chi connectivity index (χ4v) is 2.17. The van der Waals surface area contributed by atoms with E-state index in [1.807, 2.05) is 0 Å². The van der Waals surface area contributed by atoms with Gasteiger partial charge in [0, 0.05) is 13.0 Å². The van der Waals surface area contributed by atoms with E-state index in [1.54, 1.807) is 0 Å². The van der Waals surface area contributed by atoms with E-state index in [-0.39, 0.29) is 5.91 Å². The smallest absolute Gasteiger partial charge is 0.220 e. The van der Waals surface area contributed by atoms with Gasteiger partial charge in [0.25, 0.3) is 0 Å².